The molecule has 1 unspecified atom stereocenters. The Bertz CT molecular complexity index is 615. The van der Waals surface area contributed by atoms with Gasteiger partial charge >= 0.3 is 5.97 Å². The van der Waals surface area contributed by atoms with E-state index in [1.165, 1.54) is 19.2 Å². The molecule has 0 saturated heterocycles. The fourth-order valence-corrected chi connectivity index (χ4v) is 3.46. The molecule has 0 spiro atoms. The third-order valence-electron chi connectivity index (χ3n) is 2.94. The molecule has 0 aliphatic carbocycles. The van der Waals surface area contributed by atoms with Crippen LogP contribution in [0.3, 0.4) is 0 Å². The van der Waals surface area contributed by atoms with Crippen molar-refractivity contribution in [3.63, 3.8) is 0 Å². The molecule has 1 aromatic carbocycles. The number of carboxylic acids is 1. The van der Waals surface area contributed by atoms with Crippen molar-refractivity contribution < 1.29 is 23.1 Å². The Morgan fingerprint density at radius 3 is 2.52 bits per heavy atom. The van der Waals surface area contributed by atoms with Crippen LogP contribution in [0.15, 0.2) is 27.6 Å². The molecule has 0 bridgehead atoms. The summed E-state index contributed by atoms with van der Waals surface area (Å²) in [6.45, 7) is 3.98. The molecule has 0 aliphatic rings. The van der Waals surface area contributed by atoms with E-state index in [9.17, 15) is 13.2 Å². The molecule has 1 aromatic rings. The summed E-state index contributed by atoms with van der Waals surface area (Å²) in [5.74, 6) is -1.16. The van der Waals surface area contributed by atoms with Gasteiger partial charge < -0.3 is 9.84 Å². The molecule has 118 valence electrons. The van der Waals surface area contributed by atoms with Crippen molar-refractivity contribution in [3.05, 3.63) is 28.2 Å². The van der Waals surface area contributed by atoms with E-state index in [1.54, 1.807) is 0 Å². The molecule has 1 atom stereocenters. The van der Waals surface area contributed by atoms with E-state index in [0.717, 1.165) is 6.07 Å². The SMILES string of the molecule is COCC(NS(=O)(=O)c1ccc(Br)c(C(=O)O)c1)C(C)C. The smallest absolute Gasteiger partial charge is 0.336 e. The number of hydrogen-bond acceptors (Lipinski definition) is 4. The van der Waals surface area contributed by atoms with Crippen molar-refractivity contribution in [2.24, 2.45) is 5.92 Å². The van der Waals surface area contributed by atoms with Gasteiger partial charge in [-0.25, -0.2) is 17.9 Å². The second-order valence-electron chi connectivity index (χ2n) is 4.87. The number of carbonyl (C=O) groups is 1. The predicted octanol–water partition coefficient (Wildman–Crippen LogP) is 2.10. The molecule has 6 nitrogen and oxygen atoms in total. The fourth-order valence-electron chi connectivity index (χ4n) is 1.64. The zero-order chi connectivity index (χ0) is 16.2. The Kier molecular flexibility index (Phi) is 6.33. The minimum atomic E-state index is -3.81. The zero-order valence-corrected chi connectivity index (χ0v) is 14.4. The van der Waals surface area contributed by atoms with E-state index in [1.807, 2.05) is 13.8 Å². The molecule has 0 saturated carbocycles. The number of methoxy groups -OCH3 is 1. The molecule has 0 aromatic heterocycles. The van der Waals surface area contributed by atoms with Gasteiger partial charge in [-0.1, -0.05) is 13.8 Å². The molecule has 2 N–H and O–H groups in total. The van der Waals surface area contributed by atoms with Gasteiger partial charge in [-0.05, 0) is 40.0 Å². The van der Waals surface area contributed by atoms with Gasteiger partial charge in [-0.2, -0.15) is 0 Å². The summed E-state index contributed by atoms with van der Waals surface area (Å²) < 4.78 is 32.5. The number of benzene rings is 1. The lowest BCUT2D eigenvalue weighted by molar-refractivity contribution is 0.0695. The molecule has 0 amide bonds. The quantitative estimate of drug-likeness (QED) is 0.756. The Labute approximate surface area is 132 Å². The Morgan fingerprint density at radius 2 is 2.05 bits per heavy atom. The van der Waals surface area contributed by atoms with Crippen molar-refractivity contribution in [1.82, 2.24) is 4.72 Å². The van der Waals surface area contributed by atoms with E-state index < -0.39 is 22.0 Å². The van der Waals surface area contributed by atoms with Gasteiger partial charge in [0.05, 0.1) is 17.1 Å². The van der Waals surface area contributed by atoms with Crippen molar-refractivity contribution in [2.45, 2.75) is 24.8 Å². The lowest BCUT2D eigenvalue weighted by atomic mass is 10.1. The van der Waals surface area contributed by atoms with Gasteiger partial charge in [0.25, 0.3) is 0 Å². The largest absolute Gasteiger partial charge is 0.478 e. The number of ether oxygens (including phenoxy) is 1. The van der Waals surface area contributed by atoms with Gasteiger partial charge in [0.2, 0.25) is 10.0 Å². The third-order valence-corrected chi connectivity index (χ3v) is 5.12. The summed E-state index contributed by atoms with van der Waals surface area (Å²) in [7, 11) is -2.32. The Morgan fingerprint density at radius 1 is 1.43 bits per heavy atom. The van der Waals surface area contributed by atoms with Gasteiger partial charge in [-0.15, -0.1) is 0 Å². The average Bonchev–Trinajstić information content (AvgIpc) is 2.37. The number of hydrogen-bond donors (Lipinski definition) is 2. The zero-order valence-electron chi connectivity index (χ0n) is 12.0. The number of carboxylic acid groups (broad SMARTS) is 1. The maximum Gasteiger partial charge on any atom is 0.336 e. The first-order valence-corrected chi connectivity index (χ1v) is 8.50. The van der Waals surface area contributed by atoms with Crippen molar-refractivity contribution in [3.8, 4) is 0 Å². The van der Waals surface area contributed by atoms with Crippen LogP contribution in [0.25, 0.3) is 0 Å². The van der Waals surface area contributed by atoms with Crippen LogP contribution in [0.2, 0.25) is 0 Å². The van der Waals surface area contributed by atoms with Gasteiger partial charge in [-0.3, -0.25) is 0 Å². The Balaban J connectivity index is 3.13. The summed E-state index contributed by atoms with van der Waals surface area (Å²) in [5, 5.41) is 9.04. The first-order valence-electron chi connectivity index (χ1n) is 6.23. The van der Waals surface area contributed by atoms with Crippen LogP contribution >= 0.6 is 15.9 Å². The van der Waals surface area contributed by atoms with Crippen LogP contribution in [0.5, 0.6) is 0 Å². The van der Waals surface area contributed by atoms with Crippen molar-refractivity contribution >= 4 is 31.9 Å². The average molecular weight is 380 g/mol. The van der Waals surface area contributed by atoms with E-state index in [0.29, 0.717) is 4.47 Å². The molecule has 0 aliphatic heterocycles. The van der Waals surface area contributed by atoms with Crippen molar-refractivity contribution in [2.75, 3.05) is 13.7 Å². The molecule has 1 rings (SSSR count). The second-order valence-corrected chi connectivity index (χ2v) is 7.44. The van der Waals surface area contributed by atoms with Crippen LogP contribution < -0.4 is 4.72 Å². The first kappa shape index (κ1) is 18.1. The summed E-state index contributed by atoms with van der Waals surface area (Å²) in [6, 6.07) is 3.48. The molecule has 0 fully saturated rings. The molecule has 0 radical (unpaired) electrons. The summed E-state index contributed by atoms with van der Waals surface area (Å²) in [5.41, 5.74) is -0.106. The Hall–Kier alpha value is -0.960. The van der Waals surface area contributed by atoms with Crippen LogP contribution in [0.4, 0.5) is 0 Å². The lowest BCUT2D eigenvalue weighted by Crippen LogP contribution is -2.41. The maximum atomic E-state index is 12.3. The number of sulfonamides is 1. The highest BCUT2D eigenvalue weighted by molar-refractivity contribution is 9.10. The first-order chi connectivity index (χ1) is 9.69. The predicted molar refractivity (Wildman–Crippen MR) is 81.9 cm³/mol. The minimum Gasteiger partial charge on any atom is -0.478 e. The minimum absolute atomic E-state index is 0.0362. The second kappa shape index (κ2) is 7.35. The fraction of sp³-hybridized carbons (Fsp3) is 0.462. The maximum absolute atomic E-state index is 12.3. The van der Waals surface area contributed by atoms with Crippen LogP contribution in [0.1, 0.15) is 24.2 Å². The van der Waals surface area contributed by atoms with E-state index in [-0.39, 0.29) is 23.0 Å². The van der Waals surface area contributed by atoms with E-state index in [2.05, 4.69) is 20.7 Å². The molecular weight excluding hydrogens is 362 g/mol. The number of halogens is 1. The normalized spacial score (nSPS) is 13.4. The summed E-state index contributed by atoms with van der Waals surface area (Å²) in [4.78, 5) is 11.0. The van der Waals surface area contributed by atoms with Gasteiger partial charge in [0, 0.05) is 17.6 Å². The van der Waals surface area contributed by atoms with E-state index >= 15 is 0 Å². The number of rotatable bonds is 7. The summed E-state index contributed by atoms with van der Waals surface area (Å²) in [6.07, 6.45) is 0. The highest BCUT2D eigenvalue weighted by Crippen LogP contribution is 2.21. The monoisotopic (exact) mass is 379 g/mol. The highest BCUT2D eigenvalue weighted by Gasteiger charge is 2.24. The van der Waals surface area contributed by atoms with Crippen LogP contribution in [-0.4, -0.2) is 39.3 Å². The van der Waals surface area contributed by atoms with Gasteiger partial charge in [0.1, 0.15) is 0 Å². The molecule has 0 heterocycles. The molecule has 21 heavy (non-hydrogen) atoms. The van der Waals surface area contributed by atoms with Crippen LogP contribution in [-0.2, 0) is 14.8 Å². The summed E-state index contributed by atoms with van der Waals surface area (Å²) >= 11 is 3.08. The molecule has 8 heteroatoms. The lowest BCUT2D eigenvalue weighted by Gasteiger charge is -2.21. The third kappa shape index (κ3) is 4.77. The highest BCUT2D eigenvalue weighted by atomic mass is 79.9. The van der Waals surface area contributed by atoms with Crippen molar-refractivity contribution in [1.29, 1.82) is 0 Å². The molecular formula is C13H18BrNO5S. The number of nitrogens with one attached hydrogen (secondary N) is 1. The standard InChI is InChI=1S/C13H18BrNO5S/c1-8(2)12(7-20-3)15-21(18,19)9-4-5-11(14)10(6-9)13(16)17/h4-6,8,12,15H,7H2,1-3H3,(H,16,17). The number of aromatic carboxylic acids is 1. The van der Waals surface area contributed by atoms with Crippen LogP contribution in [0, 0.1) is 5.92 Å². The van der Waals surface area contributed by atoms with Gasteiger partial charge in [0.15, 0.2) is 0 Å². The topological polar surface area (TPSA) is 92.7 Å². The van der Waals surface area contributed by atoms with E-state index in [4.69, 9.17) is 9.84 Å².